The largest absolute Gasteiger partial charge is 0.454 e. The van der Waals surface area contributed by atoms with Gasteiger partial charge in [0.1, 0.15) is 11.9 Å². The first-order valence-electron chi connectivity index (χ1n) is 10.9. The Kier molecular flexibility index (Phi) is 4.89. The zero-order valence-corrected chi connectivity index (χ0v) is 18.5. The number of nitrogens with zero attached hydrogens (tertiary/aromatic N) is 1. The molecule has 2 N–H and O–H groups in total. The molecule has 1 amide bonds. The summed E-state index contributed by atoms with van der Waals surface area (Å²) in [5.41, 5.74) is 5.92. The number of halogens is 1. The van der Waals surface area contributed by atoms with Crippen LogP contribution in [0.25, 0.3) is 10.9 Å². The van der Waals surface area contributed by atoms with E-state index in [2.05, 4.69) is 0 Å². The summed E-state index contributed by atoms with van der Waals surface area (Å²) in [5.74, 6) is -0.240. The number of ketones is 1. The monoisotopic (exact) mass is 488 g/mol. The standard InChI is InChI=1S/C26H17FN2O7/c27-15-4-1-13(2-5-15)24(30)17-10-29(18-9-22-21(35-12-36-22)8-16(18)25(17)31)23(26(28)32)14-3-6-19-20(7-14)34-11-33-19/h1-10,23H,11-12H2,(H2,28,32). The van der Waals surface area contributed by atoms with Gasteiger partial charge in [0.15, 0.2) is 28.8 Å². The van der Waals surface area contributed by atoms with E-state index in [0.717, 1.165) is 12.1 Å². The van der Waals surface area contributed by atoms with Crippen LogP contribution in [0.3, 0.4) is 0 Å². The van der Waals surface area contributed by atoms with Gasteiger partial charge in [-0.2, -0.15) is 0 Å². The summed E-state index contributed by atoms with van der Waals surface area (Å²) in [6, 6.07) is 11.7. The van der Waals surface area contributed by atoms with Crippen LogP contribution in [0.5, 0.6) is 23.0 Å². The van der Waals surface area contributed by atoms with E-state index in [1.807, 2.05) is 0 Å². The van der Waals surface area contributed by atoms with Gasteiger partial charge in [-0.25, -0.2) is 4.39 Å². The first-order chi connectivity index (χ1) is 17.4. The van der Waals surface area contributed by atoms with Crippen molar-refractivity contribution in [2.24, 2.45) is 5.73 Å². The number of hydrogen-bond acceptors (Lipinski definition) is 7. The van der Waals surface area contributed by atoms with Gasteiger partial charge in [0.05, 0.1) is 16.5 Å². The first kappa shape index (κ1) is 21.7. The number of nitrogens with two attached hydrogens (primary N) is 1. The Hall–Kier alpha value is -4.86. The molecule has 0 bridgehead atoms. The molecule has 1 aromatic heterocycles. The van der Waals surface area contributed by atoms with Crippen molar-refractivity contribution >= 4 is 22.6 Å². The summed E-state index contributed by atoms with van der Waals surface area (Å²) >= 11 is 0. The fraction of sp³-hybridized carbons (Fsp3) is 0.115. The lowest BCUT2D eigenvalue weighted by Crippen LogP contribution is -2.30. The quantitative estimate of drug-likeness (QED) is 0.429. The summed E-state index contributed by atoms with van der Waals surface area (Å²) < 4.78 is 36.6. The molecule has 0 saturated carbocycles. The average Bonchev–Trinajstić information content (AvgIpc) is 3.53. The fourth-order valence-corrected chi connectivity index (χ4v) is 4.42. The molecule has 36 heavy (non-hydrogen) atoms. The van der Waals surface area contributed by atoms with Crippen molar-refractivity contribution < 1.29 is 32.9 Å². The molecule has 1 atom stereocenters. The van der Waals surface area contributed by atoms with Gasteiger partial charge >= 0.3 is 0 Å². The van der Waals surface area contributed by atoms with Crippen LogP contribution in [0.2, 0.25) is 0 Å². The maximum atomic E-state index is 13.5. The highest BCUT2D eigenvalue weighted by Crippen LogP contribution is 2.38. The van der Waals surface area contributed by atoms with Crippen LogP contribution in [0.15, 0.2) is 65.6 Å². The molecule has 10 heteroatoms. The highest BCUT2D eigenvalue weighted by Gasteiger charge is 2.28. The average molecular weight is 488 g/mol. The molecule has 4 aromatic rings. The highest BCUT2D eigenvalue weighted by molar-refractivity contribution is 6.10. The first-order valence-corrected chi connectivity index (χ1v) is 10.9. The number of aromatic nitrogens is 1. The van der Waals surface area contributed by atoms with E-state index < -0.39 is 29.0 Å². The van der Waals surface area contributed by atoms with Crippen molar-refractivity contribution in [2.75, 3.05) is 13.6 Å². The number of rotatable bonds is 5. The number of carbonyl (C=O) groups excluding carboxylic acids is 2. The third-order valence-corrected chi connectivity index (χ3v) is 6.14. The summed E-state index contributed by atoms with van der Waals surface area (Å²) in [4.78, 5) is 39.7. The Morgan fingerprint density at radius 3 is 2.19 bits per heavy atom. The summed E-state index contributed by atoms with van der Waals surface area (Å²) in [7, 11) is 0. The minimum Gasteiger partial charge on any atom is -0.454 e. The smallest absolute Gasteiger partial charge is 0.245 e. The summed E-state index contributed by atoms with van der Waals surface area (Å²) in [6.45, 7) is 0.00337. The molecular formula is C26H17FN2O7. The molecule has 180 valence electrons. The molecule has 3 heterocycles. The second kappa shape index (κ2) is 8.12. The number of primary amides is 1. The molecule has 9 nitrogen and oxygen atoms in total. The Morgan fingerprint density at radius 1 is 0.861 bits per heavy atom. The molecule has 0 saturated heterocycles. The number of amides is 1. The highest BCUT2D eigenvalue weighted by atomic mass is 19.1. The Balaban J connectivity index is 1.61. The SMILES string of the molecule is NC(=O)C(c1ccc2c(c1)OCO2)n1cc(C(=O)c2ccc(F)cc2)c(=O)c2cc3c(cc21)OCO3. The number of pyridine rings is 1. The van der Waals surface area contributed by atoms with Crippen LogP contribution in [0, 0.1) is 5.82 Å². The number of fused-ring (bicyclic) bond motifs is 3. The predicted molar refractivity (Wildman–Crippen MR) is 124 cm³/mol. The van der Waals surface area contributed by atoms with Crippen molar-refractivity contribution in [3.8, 4) is 23.0 Å². The summed E-state index contributed by atoms with van der Waals surface area (Å²) in [5, 5.41) is 0.124. The topological polar surface area (TPSA) is 119 Å². The van der Waals surface area contributed by atoms with Crippen molar-refractivity contribution in [1.82, 2.24) is 4.57 Å². The Labute approximate surface area is 202 Å². The lowest BCUT2D eigenvalue weighted by Gasteiger charge is -2.22. The number of hydrogen-bond donors (Lipinski definition) is 1. The van der Waals surface area contributed by atoms with Crippen LogP contribution in [-0.2, 0) is 4.79 Å². The Bertz CT molecular complexity index is 1630. The van der Waals surface area contributed by atoms with Gasteiger partial charge in [-0.05, 0) is 48.0 Å². The normalized spacial score (nSPS) is 14.1. The molecule has 1 unspecified atom stereocenters. The third kappa shape index (κ3) is 3.42. The second-order valence-electron chi connectivity index (χ2n) is 8.26. The van der Waals surface area contributed by atoms with Crippen molar-refractivity contribution in [2.45, 2.75) is 6.04 Å². The predicted octanol–water partition coefficient (Wildman–Crippen LogP) is 2.90. The second-order valence-corrected chi connectivity index (χ2v) is 8.26. The van der Waals surface area contributed by atoms with Crippen LogP contribution < -0.4 is 30.1 Å². The van der Waals surface area contributed by atoms with Gasteiger partial charge in [-0.3, -0.25) is 14.4 Å². The van der Waals surface area contributed by atoms with E-state index in [4.69, 9.17) is 24.7 Å². The minimum atomic E-state index is -1.12. The van der Waals surface area contributed by atoms with Crippen molar-refractivity contribution in [1.29, 1.82) is 0 Å². The van der Waals surface area contributed by atoms with Gasteiger partial charge < -0.3 is 29.2 Å². The summed E-state index contributed by atoms with van der Waals surface area (Å²) in [6.07, 6.45) is 1.29. The molecular weight excluding hydrogens is 471 g/mol. The Morgan fingerprint density at radius 2 is 1.50 bits per heavy atom. The van der Waals surface area contributed by atoms with Crippen LogP contribution in [0.1, 0.15) is 27.5 Å². The zero-order chi connectivity index (χ0) is 25.0. The lowest BCUT2D eigenvalue weighted by molar-refractivity contribution is -0.120. The number of ether oxygens (including phenoxy) is 4. The van der Waals surface area contributed by atoms with E-state index in [1.165, 1.54) is 29.0 Å². The number of benzene rings is 3. The van der Waals surface area contributed by atoms with Crippen LogP contribution in [-0.4, -0.2) is 29.8 Å². The fourth-order valence-electron chi connectivity index (χ4n) is 4.42. The van der Waals surface area contributed by atoms with Gasteiger partial charge in [0.2, 0.25) is 24.9 Å². The van der Waals surface area contributed by atoms with E-state index >= 15 is 0 Å². The molecule has 0 radical (unpaired) electrons. The number of carbonyl (C=O) groups is 2. The van der Waals surface area contributed by atoms with Gasteiger partial charge in [-0.15, -0.1) is 0 Å². The third-order valence-electron chi connectivity index (χ3n) is 6.14. The van der Waals surface area contributed by atoms with E-state index in [0.29, 0.717) is 34.1 Å². The molecule has 3 aromatic carbocycles. The van der Waals surface area contributed by atoms with Crippen LogP contribution >= 0.6 is 0 Å². The van der Waals surface area contributed by atoms with E-state index in [9.17, 15) is 18.8 Å². The van der Waals surface area contributed by atoms with Gasteiger partial charge in [0.25, 0.3) is 0 Å². The van der Waals surface area contributed by atoms with Crippen molar-refractivity contribution in [3.63, 3.8) is 0 Å². The molecule has 0 aliphatic carbocycles. The molecule has 0 fully saturated rings. The molecule has 6 rings (SSSR count). The molecule has 0 spiro atoms. The van der Waals surface area contributed by atoms with Gasteiger partial charge in [0, 0.05) is 17.8 Å². The lowest BCUT2D eigenvalue weighted by atomic mass is 9.99. The van der Waals surface area contributed by atoms with Crippen molar-refractivity contribution in [3.05, 3.63) is 93.5 Å². The maximum Gasteiger partial charge on any atom is 0.245 e. The maximum absolute atomic E-state index is 13.5. The van der Waals surface area contributed by atoms with E-state index in [1.54, 1.807) is 24.3 Å². The molecule has 2 aliphatic heterocycles. The van der Waals surface area contributed by atoms with Gasteiger partial charge in [-0.1, -0.05) is 6.07 Å². The molecule has 2 aliphatic rings. The minimum absolute atomic E-state index is 0.0391. The zero-order valence-electron chi connectivity index (χ0n) is 18.5. The van der Waals surface area contributed by atoms with Crippen LogP contribution in [0.4, 0.5) is 4.39 Å². The van der Waals surface area contributed by atoms with E-state index in [-0.39, 0.29) is 30.1 Å².